The Morgan fingerprint density at radius 1 is 1.00 bits per heavy atom. The van der Waals surface area contributed by atoms with Crippen molar-refractivity contribution in [3.05, 3.63) is 73.3 Å². The van der Waals surface area contributed by atoms with E-state index in [4.69, 9.17) is 4.74 Å². The number of nitrogens with zero attached hydrogens (tertiary/aromatic N) is 6. The molecule has 0 radical (unpaired) electrons. The van der Waals surface area contributed by atoms with Crippen LogP contribution in [-0.2, 0) is 4.74 Å². The number of ether oxygens (including phenoxy) is 1. The van der Waals surface area contributed by atoms with Crippen LogP contribution in [0.2, 0.25) is 0 Å². The standard InChI is InChI=1S/C28H29F3N8O2/c1-19(17-41-2)37-8-10-38(11-9-37)25-7-6-21(14-32-25)22-13-26-33-16-24(39(26)35-15-22)20-4-3-5-23(12-20)36-27(40)34-18-28(29,30)31/h3-7,12-16H,1,8-11,17-18H2,2H3,(H2,34,36,40). The monoisotopic (exact) mass is 566 g/mol. The Morgan fingerprint density at radius 2 is 1.80 bits per heavy atom. The fraction of sp³-hybridized carbons (Fsp3) is 0.286. The Morgan fingerprint density at radius 3 is 2.51 bits per heavy atom. The van der Waals surface area contributed by atoms with E-state index in [2.05, 4.69) is 36.8 Å². The molecule has 1 fully saturated rings. The number of hydrogen-bond acceptors (Lipinski definition) is 7. The Balaban J connectivity index is 1.26. The van der Waals surface area contributed by atoms with Crippen LogP contribution in [0, 0.1) is 0 Å². The lowest BCUT2D eigenvalue weighted by atomic mass is 10.1. The van der Waals surface area contributed by atoms with Crippen molar-refractivity contribution >= 4 is 23.2 Å². The zero-order valence-electron chi connectivity index (χ0n) is 22.4. The second-order valence-electron chi connectivity index (χ2n) is 9.54. The minimum atomic E-state index is -4.49. The number of halogens is 3. The summed E-state index contributed by atoms with van der Waals surface area (Å²) < 4.78 is 43.9. The molecule has 0 aliphatic carbocycles. The SMILES string of the molecule is C=C(COC)N1CCN(c2ccc(-c3cnn4c(-c5cccc(NC(=O)NCC(F)(F)F)c5)cnc4c3)cn2)CC1. The minimum Gasteiger partial charge on any atom is -0.379 e. The molecule has 13 heteroatoms. The number of aromatic nitrogens is 4. The zero-order chi connectivity index (χ0) is 29.0. The van der Waals surface area contributed by atoms with E-state index in [1.54, 1.807) is 53.6 Å². The molecule has 0 unspecified atom stereocenters. The molecule has 5 rings (SSSR count). The van der Waals surface area contributed by atoms with E-state index in [1.807, 2.05) is 24.4 Å². The van der Waals surface area contributed by atoms with Gasteiger partial charge in [-0.2, -0.15) is 18.3 Å². The smallest absolute Gasteiger partial charge is 0.379 e. The number of hydrogen-bond donors (Lipinski definition) is 2. The number of methoxy groups -OCH3 is 1. The van der Waals surface area contributed by atoms with Gasteiger partial charge in [0.2, 0.25) is 0 Å². The third kappa shape index (κ3) is 6.74. The highest BCUT2D eigenvalue weighted by Crippen LogP contribution is 2.27. The van der Waals surface area contributed by atoms with E-state index in [0.29, 0.717) is 29.2 Å². The molecule has 4 aromatic rings. The lowest BCUT2D eigenvalue weighted by molar-refractivity contribution is -0.122. The Bertz CT molecular complexity index is 1530. The molecular weight excluding hydrogens is 537 g/mol. The predicted octanol–water partition coefficient (Wildman–Crippen LogP) is 4.42. The quantitative estimate of drug-likeness (QED) is 0.326. The van der Waals surface area contributed by atoms with Gasteiger partial charge in [0.25, 0.3) is 0 Å². The van der Waals surface area contributed by atoms with Gasteiger partial charge in [-0.05, 0) is 30.3 Å². The fourth-order valence-corrected chi connectivity index (χ4v) is 4.60. The summed E-state index contributed by atoms with van der Waals surface area (Å²) in [7, 11) is 1.67. The van der Waals surface area contributed by atoms with Gasteiger partial charge in [0.05, 0.1) is 24.7 Å². The third-order valence-corrected chi connectivity index (χ3v) is 6.67. The highest BCUT2D eigenvalue weighted by molar-refractivity contribution is 5.90. The molecule has 0 atom stereocenters. The number of benzene rings is 1. The van der Waals surface area contributed by atoms with E-state index in [-0.39, 0.29) is 0 Å². The van der Waals surface area contributed by atoms with Gasteiger partial charge in [0, 0.05) is 67.6 Å². The Hall–Kier alpha value is -4.65. The van der Waals surface area contributed by atoms with Crippen LogP contribution in [0.1, 0.15) is 0 Å². The summed E-state index contributed by atoms with van der Waals surface area (Å²) in [6.07, 6.45) is 0.704. The number of carbonyl (C=O) groups excluding carboxylic acids is 1. The summed E-state index contributed by atoms with van der Waals surface area (Å²) in [5.74, 6) is 0.906. The van der Waals surface area contributed by atoms with Gasteiger partial charge < -0.3 is 25.2 Å². The van der Waals surface area contributed by atoms with E-state index < -0.39 is 18.8 Å². The van der Waals surface area contributed by atoms with Crippen molar-refractivity contribution in [1.82, 2.24) is 29.8 Å². The van der Waals surface area contributed by atoms with Gasteiger partial charge in [0.1, 0.15) is 12.4 Å². The Kier molecular flexibility index (Phi) is 8.06. The van der Waals surface area contributed by atoms with Crippen LogP contribution in [0.3, 0.4) is 0 Å². The van der Waals surface area contributed by atoms with Crippen LogP contribution in [-0.4, -0.2) is 83.1 Å². The van der Waals surface area contributed by atoms with Crippen molar-refractivity contribution in [3.63, 3.8) is 0 Å². The topological polar surface area (TPSA) is 99.9 Å². The number of rotatable bonds is 8. The maximum Gasteiger partial charge on any atom is 0.405 e. The van der Waals surface area contributed by atoms with Gasteiger partial charge in [-0.3, -0.25) is 0 Å². The zero-order valence-corrected chi connectivity index (χ0v) is 22.4. The van der Waals surface area contributed by atoms with E-state index >= 15 is 0 Å². The number of nitrogens with one attached hydrogen (secondary N) is 2. The minimum absolute atomic E-state index is 0.334. The van der Waals surface area contributed by atoms with Crippen molar-refractivity contribution in [2.24, 2.45) is 0 Å². The molecule has 1 aromatic carbocycles. The fourth-order valence-electron chi connectivity index (χ4n) is 4.60. The molecule has 2 amide bonds. The summed E-state index contributed by atoms with van der Waals surface area (Å²) in [5.41, 5.74) is 5.02. The van der Waals surface area contributed by atoms with Crippen LogP contribution in [0.5, 0.6) is 0 Å². The number of anilines is 2. The first-order valence-corrected chi connectivity index (χ1v) is 12.9. The first-order valence-electron chi connectivity index (χ1n) is 12.9. The van der Waals surface area contributed by atoms with Crippen molar-refractivity contribution in [3.8, 4) is 22.4 Å². The summed E-state index contributed by atoms with van der Waals surface area (Å²) in [4.78, 5) is 25.5. The Labute approximate surface area is 234 Å². The van der Waals surface area contributed by atoms with Crippen LogP contribution >= 0.6 is 0 Å². The summed E-state index contributed by atoms with van der Waals surface area (Å²) >= 11 is 0. The molecule has 2 N–H and O–H groups in total. The second-order valence-corrected chi connectivity index (χ2v) is 9.54. The summed E-state index contributed by atoms with van der Waals surface area (Å²) in [6, 6.07) is 11.7. The van der Waals surface area contributed by atoms with Crippen molar-refractivity contribution in [2.75, 3.05) is 56.7 Å². The van der Waals surface area contributed by atoms with Gasteiger partial charge in [-0.25, -0.2) is 19.3 Å². The van der Waals surface area contributed by atoms with Gasteiger partial charge in [-0.1, -0.05) is 18.7 Å². The molecule has 214 valence electrons. The molecule has 0 bridgehead atoms. The average molecular weight is 567 g/mol. The van der Waals surface area contributed by atoms with E-state index in [1.165, 1.54) is 0 Å². The molecule has 1 aliphatic heterocycles. The van der Waals surface area contributed by atoms with Gasteiger partial charge in [0.15, 0.2) is 5.65 Å². The molecule has 41 heavy (non-hydrogen) atoms. The second kappa shape index (κ2) is 11.8. The molecule has 0 saturated carbocycles. The van der Waals surface area contributed by atoms with Crippen LogP contribution in [0.4, 0.5) is 29.5 Å². The van der Waals surface area contributed by atoms with Crippen molar-refractivity contribution in [2.45, 2.75) is 6.18 Å². The number of pyridine rings is 1. The lowest BCUT2D eigenvalue weighted by Gasteiger charge is -2.37. The molecule has 3 aromatic heterocycles. The average Bonchev–Trinajstić information content (AvgIpc) is 3.40. The number of urea groups is 1. The van der Waals surface area contributed by atoms with Crippen LogP contribution < -0.4 is 15.5 Å². The lowest BCUT2D eigenvalue weighted by Crippen LogP contribution is -2.46. The van der Waals surface area contributed by atoms with Crippen molar-refractivity contribution < 1.29 is 22.7 Å². The maximum atomic E-state index is 12.4. The third-order valence-electron chi connectivity index (χ3n) is 6.67. The highest BCUT2D eigenvalue weighted by Gasteiger charge is 2.27. The van der Waals surface area contributed by atoms with Crippen LogP contribution in [0.25, 0.3) is 28.0 Å². The number of piperazine rings is 1. The number of carbonyl (C=O) groups is 1. The highest BCUT2D eigenvalue weighted by atomic mass is 19.4. The van der Waals surface area contributed by atoms with Gasteiger partial charge in [-0.15, -0.1) is 0 Å². The first-order chi connectivity index (χ1) is 19.7. The molecule has 10 nitrogen and oxygen atoms in total. The van der Waals surface area contributed by atoms with Gasteiger partial charge >= 0.3 is 12.2 Å². The normalized spacial score (nSPS) is 13.9. The first kappa shape index (κ1) is 27.9. The molecule has 1 aliphatic rings. The van der Waals surface area contributed by atoms with Crippen LogP contribution in [0.15, 0.2) is 73.3 Å². The number of imidazole rings is 1. The van der Waals surface area contributed by atoms with E-state index in [0.717, 1.165) is 48.8 Å². The summed E-state index contributed by atoms with van der Waals surface area (Å²) in [5, 5.41) is 8.76. The summed E-state index contributed by atoms with van der Waals surface area (Å²) in [6.45, 7) is 6.60. The number of fused-ring (bicyclic) bond motifs is 1. The predicted molar refractivity (Wildman–Crippen MR) is 150 cm³/mol. The molecule has 4 heterocycles. The molecule has 1 saturated heterocycles. The largest absolute Gasteiger partial charge is 0.405 e. The maximum absolute atomic E-state index is 12.4. The number of amides is 2. The molecular formula is C28H29F3N8O2. The van der Waals surface area contributed by atoms with Crippen molar-refractivity contribution in [1.29, 1.82) is 0 Å². The van der Waals surface area contributed by atoms with E-state index in [9.17, 15) is 18.0 Å². The molecule has 0 spiro atoms. The number of alkyl halides is 3.